The van der Waals surface area contributed by atoms with Crippen LogP contribution in [0.1, 0.15) is 0 Å². The third-order valence-corrected chi connectivity index (χ3v) is 0.250. The van der Waals surface area contributed by atoms with Crippen LogP contribution in [0.25, 0.3) is 0 Å². The van der Waals surface area contributed by atoms with Gasteiger partial charge in [-0.15, -0.1) is 0 Å². The second-order valence-corrected chi connectivity index (χ2v) is 0.814. The van der Waals surface area contributed by atoms with Crippen molar-refractivity contribution < 1.29 is 0 Å². The number of hydrogen-bond donors (Lipinski definition) is 5. The van der Waals surface area contributed by atoms with Gasteiger partial charge in [0.15, 0.2) is 0 Å². The maximum absolute atomic E-state index is 4.93. The lowest BCUT2D eigenvalue weighted by atomic mass is 11.0. The Kier molecular flexibility index (Phi) is 2.91. The fourth-order valence-corrected chi connectivity index (χ4v) is 0.0962. The number of hydrazine groups is 2. The van der Waals surface area contributed by atoms with Crippen LogP contribution in [-0.2, 0) is 0 Å². The Hall–Kier alpha value is -0.200. The van der Waals surface area contributed by atoms with Crippen LogP contribution in [0, 0.1) is 0 Å². The van der Waals surface area contributed by atoms with E-state index in [9.17, 15) is 0 Å². The Balaban J connectivity index is 2.63. The Morgan fingerprint density at radius 3 is 1.83 bits per heavy atom. The first-order valence-corrected chi connectivity index (χ1v) is 1.49. The normalized spacial score (nSPS) is 10.0. The fraction of sp³-hybridized carbons (Fsp3) is 1.00. The molecule has 0 aromatic rings. The van der Waals surface area contributed by atoms with Gasteiger partial charge in [0.05, 0.1) is 0 Å². The van der Waals surface area contributed by atoms with Crippen molar-refractivity contribution in [2.45, 2.75) is 6.29 Å². The van der Waals surface area contributed by atoms with Gasteiger partial charge in [-0.05, 0) is 0 Å². The molecule has 0 amide bonds. The van der Waals surface area contributed by atoms with E-state index in [2.05, 4.69) is 11.0 Å². The zero-order valence-electron chi connectivity index (χ0n) is 3.31. The molecule has 0 unspecified atom stereocenters. The summed E-state index contributed by atoms with van der Waals surface area (Å²) >= 11 is 0. The Labute approximate surface area is 35.8 Å². The molecule has 5 nitrogen and oxygen atoms in total. The van der Waals surface area contributed by atoms with Gasteiger partial charge in [0.1, 0.15) is 6.29 Å². The first kappa shape index (κ1) is 5.80. The molecule has 0 heterocycles. The lowest BCUT2D eigenvalue weighted by molar-refractivity contribution is 0.457. The highest BCUT2D eigenvalue weighted by atomic mass is 15.6. The van der Waals surface area contributed by atoms with Crippen LogP contribution in [0.2, 0.25) is 0 Å². The minimum absolute atomic E-state index is 0.588. The summed E-state index contributed by atoms with van der Waals surface area (Å²) < 4.78 is 0. The van der Waals surface area contributed by atoms with E-state index >= 15 is 0 Å². The van der Waals surface area contributed by atoms with Crippen molar-refractivity contribution >= 4 is 0 Å². The van der Waals surface area contributed by atoms with Crippen molar-refractivity contribution in [3.8, 4) is 0 Å². The second-order valence-electron chi connectivity index (χ2n) is 0.814. The minimum atomic E-state index is -0.588. The van der Waals surface area contributed by atoms with E-state index in [0.717, 1.165) is 0 Å². The Bertz CT molecular complexity index is 25.1. The molecule has 0 saturated heterocycles. The zero-order chi connectivity index (χ0) is 4.99. The van der Waals surface area contributed by atoms with E-state index in [1.165, 1.54) is 0 Å². The van der Waals surface area contributed by atoms with Gasteiger partial charge >= 0.3 is 0 Å². The number of nitrogens with two attached hydrogens (primary N) is 3. The molecule has 0 aliphatic heterocycles. The fourth-order valence-electron chi connectivity index (χ4n) is 0.0962. The summed E-state index contributed by atoms with van der Waals surface area (Å²) in [7, 11) is 0. The van der Waals surface area contributed by atoms with Crippen LogP contribution >= 0.6 is 0 Å². The average molecular weight is 91.1 g/mol. The van der Waals surface area contributed by atoms with E-state index in [1.54, 1.807) is 0 Å². The van der Waals surface area contributed by atoms with Crippen LogP contribution in [-0.4, -0.2) is 6.29 Å². The Morgan fingerprint density at radius 1 is 1.33 bits per heavy atom. The van der Waals surface area contributed by atoms with E-state index in [4.69, 9.17) is 17.3 Å². The van der Waals surface area contributed by atoms with Crippen LogP contribution in [0.3, 0.4) is 0 Å². The van der Waals surface area contributed by atoms with Crippen molar-refractivity contribution in [1.29, 1.82) is 0 Å². The molecule has 5 heteroatoms. The molecule has 0 atom stereocenters. The summed E-state index contributed by atoms with van der Waals surface area (Å²) in [6.07, 6.45) is -0.588. The van der Waals surface area contributed by atoms with Crippen LogP contribution in [0.15, 0.2) is 0 Å². The first-order chi connectivity index (χ1) is 2.77. The van der Waals surface area contributed by atoms with Gasteiger partial charge < -0.3 is 11.5 Å². The standard InChI is InChI=1S/CH9N5/c2-1(3)5-6-4/h1,5-6H,2-4H2. The molecule has 0 aliphatic carbocycles. The van der Waals surface area contributed by atoms with E-state index in [0.29, 0.717) is 0 Å². The van der Waals surface area contributed by atoms with Crippen molar-refractivity contribution in [3.05, 3.63) is 0 Å². The third-order valence-electron chi connectivity index (χ3n) is 0.250. The Morgan fingerprint density at radius 2 is 1.83 bits per heavy atom. The molecule has 0 saturated carbocycles. The molecule has 0 aliphatic rings. The van der Waals surface area contributed by atoms with E-state index < -0.39 is 6.29 Å². The van der Waals surface area contributed by atoms with Crippen molar-refractivity contribution in [3.63, 3.8) is 0 Å². The number of hydrogen-bond acceptors (Lipinski definition) is 5. The predicted octanol–water partition coefficient (Wildman–Crippen LogP) is -2.84. The molecule has 0 fully saturated rings. The lowest BCUT2D eigenvalue weighted by Crippen LogP contribution is -2.54. The zero-order valence-corrected chi connectivity index (χ0v) is 3.31. The highest BCUT2D eigenvalue weighted by molar-refractivity contribution is 4.34. The largest absolute Gasteiger partial charge is 0.303 e. The SMILES string of the molecule is NNNC(N)N. The highest BCUT2D eigenvalue weighted by Crippen LogP contribution is 1.34. The van der Waals surface area contributed by atoms with Crippen molar-refractivity contribution in [2.75, 3.05) is 0 Å². The van der Waals surface area contributed by atoms with Crippen LogP contribution in [0.4, 0.5) is 0 Å². The topological polar surface area (TPSA) is 102 Å². The maximum Gasteiger partial charge on any atom is 0.120 e. The molecule has 0 spiro atoms. The summed E-state index contributed by atoms with van der Waals surface area (Å²) in [4.78, 5) is 0. The lowest BCUT2D eigenvalue weighted by Gasteiger charge is -2.02. The molecule has 0 aromatic carbocycles. The van der Waals surface area contributed by atoms with Gasteiger partial charge in [0.25, 0.3) is 0 Å². The summed E-state index contributed by atoms with van der Waals surface area (Å²) in [6.45, 7) is 0. The van der Waals surface area contributed by atoms with E-state index in [1.807, 2.05) is 0 Å². The molecule has 0 bridgehead atoms. The minimum Gasteiger partial charge on any atom is -0.303 e. The summed E-state index contributed by atoms with van der Waals surface area (Å²) in [5.74, 6) is 4.71. The third kappa shape index (κ3) is 3.80. The summed E-state index contributed by atoms with van der Waals surface area (Å²) in [6, 6.07) is 0. The molecule has 0 rings (SSSR count). The van der Waals surface area contributed by atoms with E-state index in [-0.39, 0.29) is 0 Å². The quantitative estimate of drug-likeness (QED) is 0.143. The van der Waals surface area contributed by atoms with Crippen LogP contribution < -0.4 is 28.3 Å². The summed E-state index contributed by atoms with van der Waals surface area (Å²) in [5.41, 5.74) is 14.2. The van der Waals surface area contributed by atoms with Crippen molar-refractivity contribution in [1.82, 2.24) is 11.0 Å². The summed E-state index contributed by atoms with van der Waals surface area (Å²) in [5, 5.41) is 0. The first-order valence-electron chi connectivity index (χ1n) is 1.49. The van der Waals surface area contributed by atoms with Gasteiger partial charge in [-0.1, -0.05) is 0 Å². The molecule has 38 valence electrons. The molecular weight excluding hydrogens is 82.0 g/mol. The van der Waals surface area contributed by atoms with Crippen LogP contribution in [0.5, 0.6) is 0 Å². The van der Waals surface area contributed by atoms with Gasteiger partial charge in [-0.3, -0.25) is 5.84 Å². The number of nitrogens with one attached hydrogen (secondary N) is 2. The second kappa shape index (κ2) is 3.01. The molecular formula is CH9N5. The average Bonchev–Trinajstić information content (AvgIpc) is 1.35. The monoisotopic (exact) mass is 91.1 g/mol. The number of rotatable bonds is 2. The van der Waals surface area contributed by atoms with Gasteiger partial charge in [0.2, 0.25) is 0 Å². The molecule has 0 aromatic heterocycles. The maximum atomic E-state index is 4.93. The van der Waals surface area contributed by atoms with Gasteiger partial charge in [0, 0.05) is 0 Å². The van der Waals surface area contributed by atoms with Crippen molar-refractivity contribution in [2.24, 2.45) is 17.3 Å². The molecule has 6 heavy (non-hydrogen) atoms. The van der Waals surface area contributed by atoms with Gasteiger partial charge in [-0.25, -0.2) is 5.43 Å². The van der Waals surface area contributed by atoms with Gasteiger partial charge in [-0.2, -0.15) is 5.53 Å². The smallest absolute Gasteiger partial charge is 0.120 e. The molecule has 0 radical (unpaired) electrons. The predicted molar refractivity (Wildman–Crippen MR) is 22.6 cm³/mol. The highest BCUT2D eigenvalue weighted by Gasteiger charge is 1.81. The molecule has 8 N–H and O–H groups in total.